The van der Waals surface area contributed by atoms with E-state index < -0.39 is 0 Å². The summed E-state index contributed by atoms with van der Waals surface area (Å²) in [5.41, 5.74) is 0.660. The third-order valence-electron chi connectivity index (χ3n) is 3.64. The van der Waals surface area contributed by atoms with Crippen molar-refractivity contribution >= 4 is 21.7 Å². The SMILES string of the molecule is N#Cc1cc(Br)cnc1N1C[C@H]2CNC[C@H]2C1. The first-order valence-corrected chi connectivity index (χ1v) is 6.58. The molecule has 2 aliphatic heterocycles. The van der Waals surface area contributed by atoms with Gasteiger partial charge in [-0.15, -0.1) is 0 Å². The largest absolute Gasteiger partial charge is 0.355 e. The van der Waals surface area contributed by atoms with Gasteiger partial charge >= 0.3 is 0 Å². The molecule has 1 N–H and O–H groups in total. The topological polar surface area (TPSA) is 52.0 Å². The van der Waals surface area contributed by atoms with Gasteiger partial charge in [-0.05, 0) is 33.8 Å². The molecule has 0 aliphatic carbocycles. The number of anilines is 1. The van der Waals surface area contributed by atoms with Gasteiger partial charge in [-0.3, -0.25) is 0 Å². The molecule has 2 aliphatic rings. The lowest BCUT2D eigenvalue weighted by atomic mass is 10.0. The highest BCUT2D eigenvalue weighted by atomic mass is 79.9. The van der Waals surface area contributed by atoms with Gasteiger partial charge in [0, 0.05) is 36.8 Å². The van der Waals surface area contributed by atoms with E-state index in [9.17, 15) is 0 Å². The second kappa shape index (κ2) is 4.28. The van der Waals surface area contributed by atoms with E-state index in [1.807, 2.05) is 6.07 Å². The number of pyridine rings is 1. The molecule has 3 heterocycles. The van der Waals surface area contributed by atoms with E-state index in [1.54, 1.807) is 6.20 Å². The minimum absolute atomic E-state index is 0.660. The predicted molar refractivity (Wildman–Crippen MR) is 68.7 cm³/mol. The second-order valence-electron chi connectivity index (χ2n) is 4.72. The average Bonchev–Trinajstić information content (AvgIpc) is 2.89. The summed E-state index contributed by atoms with van der Waals surface area (Å²) in [6.45, 7) is 4.22. The van der Waals surface area contributed by atoms with E-state index in [2.05, 4.69) is 37.2 Å². The number of hydrogen-bond donors (Lipinski definition) is 1. The monoisotopic (exact) mass is 292 g/mol. The highest BCUT2D eigenvalue weighted by molar-refractivity contribution is 9.10. The highest BCUT2D eigenvalue weighted by Gasteiger charge is 2.37. The zero-order chi connectivity index (χ0) is 11.8. The van der Waals surface area contributed by atoms with Crippen LogP contribution in [0.25, 0.3) is 0 Å². The molecule has 88 valence electrons. The molecule has 2 atom stereocenters. The van der Waals surface area contributed by atoms with E-state index in [0.29, 0.717) is 17.4 Å². The molecule has 0 radical (unpaired) electrons. The van der Waals surface area contributed by atoms with E-state index in [0.717, 1.165) is 36.5 Å². The number of halogens is 1. The quantitative estimate of drug-likeness (QED) is 0.849. The van der Waals surface area contributed by atoms with Gasteiger partial charge in [0.15, 0.2) is 0 Å². The summed E-state index contributed by atoms with van der Waals surface area (Å²) in [5.74, 6) is 2.27. The van der Waals surface area contributed by atoms with Gasteiger partial charge in [-0.25, -0.2) is 4.98 Å². The Morgan fingerprint density at radius 1 is 1.41 bits per heavy atom. The second-order valence-corrected chi connectivity index (χ2v) is 5.64. The molecule has 1 aromatic heterocycles. The van der Waals surface area contributed by atoms with Gasteiger partial charge in [0.2, 0.25) is 0 Å². The van der Waals surface area contributed by atoms with Gasteiger partial charge in [0.1, 0.15) is 11.9 Å². The summed E-state index contributed by atoms with van der Waals surface area (Å²) in [5, 5.41) is 12.6. The average molecular weight is 293 g/mol. The van der Waals surface area contributed by atoms with Crippen molar-refractivity contribution < 1.29 is 0 Å². The first-order valence-electron chi connectivity index (χ1n) is 5.79. The maximum atomic E-state index is 9.16. The smallest absolute Gasteiger partial charge is 0.146 e. The Kier molecular flexibility index (Phi) is 2.77. The van der Waals surface area contributed by atoms with Crippen LogP contribution in [0.2, 0.25) is 0 Å². The fourth-order valence-corrected chi connectivity index (χ4v) is 3.13. The predicted octanol–water partition coefficient (Wildman–Crippen LogP) is 1.37. The number of nitriles is 1. The third kappa shape index (κ3) is 1.92. The molecule has 3 rings (SSSR count). The highest BCUT2D eigenvalue weighted by Crippen LogP contribution is 2.31. The standard InChI is InChI=1S/C12H13BrN4/c13-11-1-8(2-14)12(16-5-11)17-6-9-3-15-4-10(9)7-17/h1,5,9-10,15H,3-4,6-7H2/t9-,10+. The van der Waals surface area contributed by atoms with Crippen LogP contribution in [0.4, 0.5) is 5.82 Å². The van der Waals surface area contributed by atoms with E-state index in [4.69, 9.17) is 5.26 Å². The van der Waals surface area contributed by atoms with Crippen LogP contribution in [0, 0.1) is 23.2 Å². The lowest BCUT2D eigenvalue weighted by Gasteiger charge is -2.19. The van der Waals surface area contributed by atoms with E-state index in [1.165, 1.54) is 0 Å². The summed E-state index contributed by atoms with van der Waals surface area (Å²) < 4.78 is 0.860. The molecule has 0 bridgehead atoms. The summed E-state index contributed by atoms with van der Waals surface area (Å²) in [7, 11) is 0. The Balaban J connectivity index is 1.88. The van der Waals surface area contributed by atoms with Crippen molar-refractivity contribution in [3.8, 4) is 6.07 Å². The van der Waals surface area contributed by atoms with Crippen molar-refractivity contribution in [2.24, 2.45) is 11.8 Å². The van der Waals surface area contributed by atoms with Crippen LogP contribution < -0.4 is 10.2 Å². The number of nitrogens with zero attached hydrogens (tertiary/aromatic N) is 3. The van der Waals surface area contributed by atoms with Crippen molar-refractivity contribution in [2.75, 3.05) is 31.1 Å². The molecule has 0 saturated carbocycles. The van der Waals surface area contributed by atoms with Crippen LogP contribution in [0.3, 0.4) is 0 Å². The van der Waals surface area contributed by atoms with Crippen LogP contribution in [0.5, 0.6) is 0 Å². The summed E-state index contributed by atoms with van der Waals surface area (Å²) in [4.78, 5) is 6.65. The van der Waals surface area contributed by atoms with Gasteiger partial charge in [0.25, 0.3) is 0 Å². The maximum Gasteiger partial charge on any atom is 0.146 e. The minimum atomic E-state index is 0.660. The molecule has 2 fully saturated rings. The van der Waals surface area contributed by atoms with Gasteiger partial charge < -0.3 is 10.2 Å². The Bertz CT molecular complexity index is 470. The zero-order valence-electron chi connectivity index (χ0n) is 9.36. The van der Waals surface area contributed by atoms with Crippen LogP contribution in [0.1, 0.15) is 5.56 Å². The summed E-state index contributed by atoms with van der Waals surface area (Å²) in [6, 6.07) is 4.07. The molecule has 17 heavy (non-hydrogen) atoms. The fourth-order valence-electron chi connectivity index (χ4n) is 2.79. The fraction of sp³-hybridized carbons (Fsp3) is 0.500. The molecule has 2 saturated heterocycles. The zero-order valence-corrected chi connectivity index (χ0v) is 10.9. The summed E-state index contributed by atoms with van der Waals surface area (Å²) >= 11 is 3.35. The normalized spacial score (nSPS) is 26.9. The van der Waals surface area contributed by atoms with Crippen molar-refractivity contribution in [1.29, 1.82) is 5.26 Å². The van der Waals surface area contributed by atoms with Crippen LogP contribution in [-0.4, -0.2) is 31.2 Å². The molecular weight excluding hydrogens is 280 g/mol. The first-order chi connectivity index (χ1) is 8.28. The lowest BCUT2D eigenvalue weighted by Crippen LogP contribution is -2.26. The van der Waals surface area contributed by atoms with Gasteiger partial charge in [-0.2, -0.15) is 5.26 Å². The molecular formula is C12H13BrN4. The molecule has 0 amide bonds. The number of fused-ring (bicyclic) bond motifs is 1. The van der Waals surface area contributed by atoms with E-state index in [-0.39, 0.29) is 0 Å². The Morgan fingerprint density at radius 2 is 2.12 bits per heavy atom. The molecule has 1 aromatic rings. The first kappa shape index (κ1) is 11.0. The Labute approximate surface area is 109 Å². The van der Waals surface area contributed by atoms with Crippen molar-refractivity contribution in [3.63, 3.8) is 0 Å². The molecule has 0 unspecified atom stereocenters. The Morgan fingerprint density at radius 3 is 2.76 bits per heavy atom. The molecule has 0 spiro atoms. The lowest BCUT2D eigenvalue weighted by molar-refractivity contribution is 0.533. The van der Waals surface area contributed by atoms with Gasteiger partial charge in [-0.1, -0.05) is 0 Å². The van der Waals surface area contributed by atoms with Crippen LogP contribution in [-0.2, 0) is 0 Å². The summed E-state index contributed by atoms with van der Waals surface area (Å²) in [6.07, 6.45) is 1.77. The maximum absolute atomic E-state index is 9.16. The number of aromatic nitrogens is 1. The van der Waals surface area contributed by atoms with Crippen molar-refractivity contribution in [2.45, 2.75) is 0 Å². The van der Waals surface area contributed by atoms with Crippen LogP contribution >= 0.6 is 15.9 Å². The number of nitrogens with one attached hydrogen (secondary N) is 1. The van der Waals surface area contributed by atoms with E-state index >= 15 is 0 Å². The van der Waals surface area contributed by atoms with Crippen molar-refractivity contribution in [1.82, 2.24) is 10.3 Å². The third-order valence-corrected chi connectivity index (χ3v) is 4.08. The number of hydrogen-bond acceptors (Lipinski definition) is 4. The molecule has 5 heteroatoms. The number of rotatable bonds is 1. The van der Waals surface area contributed by atoms with Gasteiger partial charge in [0.05, 0.1) is 5.56 Å². The minimum Gasteiger partial charge on any atom is -0.355 e. The molecule has 4 nitrogen and oxygen atoms in total. The van der Waals surface area contributed by atoms with Crippen molar-refractivity contribution in [3.05, 3.63) is 22.3 Å². The van der Waals surface area contributed by atoms with Crippen LogP contribution in [0.15, 0.2) is 16.7 Å². The molecule has 0 aromatic carbocycles. The Hall–Kier alpha value is -1.12.